The third-order valence-electron chi connectivity index (χ3n) is 3.06. The zero-order valence-electron chi connectivity index (χ0n) is 13.8. The van der Waals surface area contributed by atoms with E-state index >= 15 is 0 Å². The molecule has 24 heavy (non-hydrogen) atoms. The fourth-order valence-corrected chi connectivity index (χ4v) is 1.57. The lowest BCUT2D eigenvalue weighted by molar-refractivity contribution is -0.139. The van der Waals surface area contributed by atoms with Gasteiger partial charge in [0.2, 0.25) is 5.91 Å². The molecular formula is C13H29N3O8. The first-order chi connectivity index (χ1) is 11.1. The number of amides is 1. The Morgan fingerprint density at radius 3 is 1.88 bits per heavy atom. The Hall–Kier alpha value is -1.34. The molecule has 0 saturated heterocycles. The van der Waals surface area contributed by atoms with E-state index in [9.17, 15) is 14.7 Å². The summed E-state index contributed by atoms with van der Waals surface area (Å²) in [5, 5.41) is 58.5. The minimum absolute atomic E-state index is 0.0936. The van der Waals surface area contributed by atoms with Crippen LogP contribution in [0.25, 0.3) is 0 Å². The minimum atomic E-state index is -1.55. The predicted octanol–water partition coefficient (Wildman–Crippen LogP) is -4.43. The van der Waals surface area contributed by atoms with Gasteiger partial charge >= 0.3 is 5.97 Å². The number of carboxylic acid groups (broad SMARTS) is 1. The van der Waals surface area contributed by atoms with Gasteiger partial charge in [0.25, 0.3) is 0 Å². The van der Waals surface area contributed by atoms with E-state index in [2.05, 4.69) is 10.6 Å². The maximum absolute atomic E-state index is 10.3. The van der Waals surface area contributed by atoms with Gasteiger partial charge in [-0.2, -0.15) is 0 Å². The van der Waals surface area contributed by atoms with Crippen LogP contribution in [-0.2, 0) is 9.59 Å². The summed E-state index contributed by atoms with van der Waals surface area (Å²) in [4.78, 5) is 20.6. The Bertz CT molecular complexity index is 358. The Balaban J connectivity index is 0. The minimum Gasteiger partial charge on any atom is -0.480 e. The number of rotatable bonds is 11. The lowest BCUT2D eigenvalue weighted by atomic mass is 10.0. The average molecular weight is 355 g/mol. The molecule has 0 aliphatic rings. The second-order valence-corrected chi connectivity index (χ2v) is 5.04. The van der Waals surface area contributed by atoms with E-state index in [0.717, 1.165) is 0 Å². The highest BCUT2D eigenvalue weighted by molar-refractivity contribution is 5.77. The van der Waals surface area contributed by atoms with Crippen molar-refractivity contribution in [3.8, 4) is 0 Å². The summed E-state index contributed by atoms with van der Waals surface area (Å²) in [6, 6.07) is -0.678. The van der Waals surface area contributed by atoms with Crippen LogP contribution < -0.4 is 16.4 Å². The number of aliphatic carboxylic acids is 1. The van der Waals surface area contributed by atoms with Gasteiger partial charge < -0.3 is 47.0 Å². The van der Waals surface area contributed by atoms with Crippen molar-refractivity contribution < 1.29 is 40.2 Å². The highest BCUT2D eigenvalue weighted by atomic mass is 16.4. The Morgan fingerprint density at radius 2 is 1.54 bits per heavy atom. The van der Waals surface area contributed by atoms with E-state index in [0.29, 0.717) is 0 Å². The van der Waals surface area contributed by atoms with Crippen molar-refractivity contribution in [3.63, 3.8) is 0 Å². The molecule has 0 radical (unpaired) electrons. The molecule has 0 aromatic rings. The van der Waals surface area contributed by atoms with Crippen molar-refractivity contribution >= 4 is 11.9 Å². The first-order valence-electron chi connectivity index (χ1n) is 7.28. The van der Waals surface area contributed by atoms with Crippen molar-refractivity contribution in [1.29, 1.82) is 0 Å². The number of carboxylic acids is 1. The van der Waals surface area contributed by atoms with Crippen LogP contribution in [0, 0.1) is 0 Å². The largest absolute Gasteiger partial charge is 0.480 e. The highest BCUT2D eigenvalue weighted by Crippen LogP contribution is 2.04. The van der Waals surface area contributed by atoms with Crippen molar-refractivity contribution in [1.82, 2.24) is 10.6 Å². The fourth-order valence-electron chi connectivity index (χ4n) is 1.57. The summed E-state index contributed by atoms with van der Waals surface area (Å²) in [7, 11) is 3.10. The summed E-state index contributed by atoms with van der Waals surface area (Å²) in [5.41, 5.74) is 4.84. The van der Waals surface area contributed by atoms with Gasteiger partial charge in [-0.05, 0) is 20.5 Å². The van der Waals surface area contributed by atoms with Gasteiger partial charge in [0.1, 0.15) is 24.4 Å². The van der Waals surface area contributed by atoms with E-state index < -0.39 is 48.9 Å². The van der Waals surface area contributed by atoms with Crippen LogP contribution >= 0.6 is 0 Å². The van der Waals surface area contributed by atoms with Crippen molar-refractivity contribution in [2.24, 2.45) is 5.73 Å². The zero-order chi connectivity index (χ0) is 19.3. The van der Waals surface area contributed by atoms with E-state index in [1.807, 2.05) is 0 Å². The number of nitrogens with one attached hydrogen (secondary N) is 2. The number of carbonyl (C=O) groups excluding carboxylic acids is 1. The van der Waals surface area contributed by atoms with Gasteiger partial charge in [0.15, 0.2) is 0 Å². The molecule has 0 spiro atoms. The number of nitrogens with two attached hydrogens (primary N) is 1. The Morgan fingerprint density at radius 1 is 1.04 bits per heavy atom. The van der Waals surface area contributed by atoms with Gasteiger partial charge in [0, 0.05) is 13.0 Å². The normalized spacial score (nSPS) is 17.0. The topological polar surface area (TPSA) is 206 Å². The Labute approximate surface area is 140 Å². The van der Waals surface area contributed by atoms with Crippen LogP contribution in [0.15, 0.2) is 0 Å². The van der Waals surface area contributed by atoms with E-state index in [1.54, 1.807) is 7.05 Å². The van der Waals surface area contributed by atoms with Crippen LogP contribution in [0.1, 0.15) is 12.8 Å². The summed E-state index contributed by atoms with van der Waals surface area (Å²) in [6.45, 7) is -0.569. The molecule has 0 unspecified atom stereocenters. The second kappa shape index (κ2) is 14.0. The monoisotopic (exact) mass is 355 g/mol. The molecule has 11 heteroatoms. The number of primary amides is 1. The molecule has 0 aromatic heterocycles. The van der Waals surface area contributed by atoms with Crippen molar-refractivity contribution in [2.45, 2.75) is 43.3 Å². The zero-order valence-corrected chi connectivity index (χ0v) is 13.8. The summed E-state index contributed by atoms with van der Waals surface area (Å²) in [5.74, 6) is -1.44. The summed E-state index contributed by atoms with van der Waals surface area (Å²) < 4.78 is 0. The van der Waals surface area contributed by atoms with Crippen LogP contribution in [0.5, 0.6) is 0 Å². The smallest absolute Gasteiger partial charge is 0.320 e. The van der Waals surface area contributed by atoms with Crippen molar-refractivity contribution in [2.75, 3.05) is 27.2 Å². The molecule has 0 aliphatic carbocycles. The maximum Gasteiger partial charge on any atom is 0.320 e. The molecule has 11 nitrogen and oxygen atoms in total. The quantitative estimate of drug-likeness (QED) is 0.174. The second-order valence-electron chi connectivity index (χ2n) is 5.04. The molecule has 0 aromatic carbocycles. The van der Waals surface area contributed by atoms with E-state index in [4.69, 9.17) is 31.3 Å². The first kappa shape index (κ1) is 24.9. The third kappa shape index (κ3) is 11.2. The molecule has 144 valence electrons. The van der Waals surface area contributed by atoms with Crippen LogP contribution in [0.3, 0.4) is 0 Å². The molecule has 10 N–H and O–H groups in total. The summed E-state index contributed by atoms with van der Waals surface area (Å²) >= 11 is 0. The SMILES string of the molecule is CNC[C@H](O)[C@@H](O)[C@H](O)[C@H](O)CO.CN[C@H](CCC(N)=O)C(=O)O. The molecule has 0 fully saturated rings. The van der Waals surface area contributed by atoms with Crippen molar-refractivity contribution in [3.05, 3.63) is 0 Å². The van der Waals surface area contributed by atoms with Gasteiger partial charge in [-0.15, -0.1) is 0 Å². The van der Waals surface area contributed by atoms with Crippen LogP contribution in [-0.4, -0.2) is 100 Å². The molecule has 0 rings (SSSR count). The Kier molecular flexibility index (Phi) is 14.6. The first-order valence-corrected chi connectivity index (χ1v) is 7.28. The molecule has 0 bridgehead atoms. The third-order valence-corrected chi connectivity index (χ3v) is 3.06. The number of hydrogen-bond acceptors (Lipinski definition) is 9. The van der Waals surface area contributed by atoms with Gasteiger partial charge in [-0.1, -0.05) is 0 Å². The van der Waals surface area contributed by atoms with Crippen LogP contribution in [0.2, 0.25) is 0 Å². The van der Waals surface area contributed by atoms with Gasteiger partial charge in [0.05, 0.1) is 12.7 Å². The fraction of sp³-hybridized carbons (Fsp3) is 0.846. The molecule has 1 amide bonds. The van der Waals surface area contributed by atoms with E-state index in [1.165, 1.54) is 7.05 Å². The number of carbonyl (C=O) groups is 2. The molecule has 0 saturated carbocycles. The molecule has 0 heterocycles. The number of aliphatic hydroxyl groups is 5. The van der Waals surface area contributed by atoms with Gasteiger partial charge in [-0.25, -0.2) is 0 Å². The molecule has 0 aliphatic heterocycles. The lowest BCUT2D eigenvalue weighted by Crippen LogP contribution is -2.48. The predicted molar refractivity (Wildman–Crippen MR) is 84.0 cm³/mol. The standard InChI is InChI=1S/C7H17NO5.C6H12N2O3/c1-8-2-4(10)6(12)7(13)5(11)3-9;1-8-4(6(10)11)2-3-5(7)9/h4-13H,2-3H2,1H3;4,8H,2-3H2,1H3,(H2,7,9)(H,10,11)/t4-,5+,6+,7+;4-/m01/s1. The number of likely N-dealkylation sites (N-methyl/N-ethyl adjacent to an activating group) is 2. The summed E-state index contributed by atoms with van der Waals surface area (Å²) in [6.07, 6.45) is -5.32. The average Bonchev–Trinajstić information content (AvgIpc) is 2.53. The van der Waals surface area contributed by atoms with Crippen LogP contribution in [0.4, 0.5) is 0 Å². The van der Waals surface area contributed by atoms with Gasteiger partial charge in [-0.3, -0.25) is 9.59 Å². The molecule has 5 atom stereocenters. The van der Waals surface area contributed by atoms with E-state index in [-0.39, 0.29) is 19.4 Å². The lowest BCUT2D eigenvalue weighted by Gasteiger charge is -2.25. The molecular weight excluding hydrogens is 326 g/mol. The highest BCUT2D eigenvalue weighted by Gasteiger charge is 2.29. The number of hydrogen-bond donors (Lipinski definition) is 9. The maximum atomic E-state index is 10.3. The number of aliphatic hydroxyl groups excluding tert-OH is 5.